The first-order valence-corrected chi connectivity index (χ1v) is 8.46. The first-order chi connectivity index (χ1) is 11.7. The minimum absolute atomic E-state index is 0.0367. The molecule has 1 amide bonds. The van der Waals surface area contributed by atoms with Crippen LogP contribution in [0.5, 0.6) is 0 Å². The highest BCUT2D eigenvalue weighted by molar-refractivity contribution is 5.76. The van der Waals surface area contributed by atoms with Gasteiger partial charge in [-0.3, -0.25) is 4.79 Å². The standard InChI is InChI=1S/C19H23N3O2/c1-2-3-10-19(21-22-19)11-9-17(23)20-14-18(12-13-24-15-18)16-7-5-4-6-8-16/h1,4-8H,3,9-15H2,(H,20,23). The van der Waals surface area contributed by atoms with Crippen LogP contribution in [-0.4, -0.2) is 31.3 Å². The number of hydrogen-bond donors (Lipinski definition) is 1. The molecule has 1 fully saturated rings. The quantitative estimate of drug-likeness (QED) is 0.747. The molecule has 1 saturated heterocycles. The van der Waals surface area contributed by atoms with Crippen molar-refractivity contribution in [3.8, 4) is 12.3 Å². The average Bonchev–Trinajstić information content (AvgIpc) is 3.23. The number of amides is 1. The van der Waals surface area contributed by atoms with Crippen molar-refractivity contribution in [3.63, 3.8) is 0 Å². The zero-order valence-corrected chi connectivity index (χ0v) is 13.8. The van der Waals surface area contributed by atoms with Crippen LogP contribution in [0.1, 0.15) is 37.7 Å². The molecule has 0 saturated carbocycles. The molecule has 126 valence electrons. The van der Waals surface area contributed by atoms with Gasteiger partial charge in [0.2, 0.25) is 5.91 Å². The molecule has 1 N–H and O–H groups in total. The van der Waals surface area contributed by atoms with E-state index in [1.807, 2.05) is 18.2 Å². The Morgan fingerprint density at radius 2 is 2.08 bits per heavy atom. The van der Waals surface area contributed by atoms with Crippen molar-refractivity contribution in [2.75, 3.05) is 19.8 Å². The number of rotatable bonds is 8. The van der Waals surface area contributed by atoms with Gasteiger partial charge in [-0.15, -0.1) is 12.3 Å². The van der Waals surface area contributed by atoms with E-state index in [0.29, 0.717) is 32.4 Å². The Morgan fingerprint density at radius 3 is 2.71 bits per heavy atom. The zero-order valence-electron chi connectivity index (χ0n) is 13.8. The van der Waals surface area contributed by atoms with Crippen LogP contribution in [0.15, 0.2) is 40.6 Å². The summed E-state index contributed by atoms with van der Waals surface area (Å²) < 4.78 is 5.62. The fourth-order valence-corrected chi connectivity index (χ4v) is 3.21. The van der Waals surface area contributed by atoms with Crippen molar-refractivity contribution in [2.45, 2.75) is 43.2 Å². The van der Waals surface area contributed by atoms with Gasteiger partial charge >= 0.3 is 0 Å². The van der Waals surface area contributed by atoms with E-state index in [9.17, 15) is 4.79 Å². The second kappa shape index (κ2) is 7.14. The fraction of sp³-hybridized carbons (Fsp3) is 0.526. The number of hydrogen-bond acceptors (Lipinski definition) is 4. The van der Waals surface area contributed by atoms with Gasteiger partial charge in [-0.2, -0.15) is 10.2 Å². The Labute approximate surface area is 142 Å². The Hall–Kier alpha value is -2.19. The van der Waals surface area contributed by atoms with Crippen LogP contribution < -0.4 is 5.32 Å². The molecule has 2 aliphatic rings. The number of terminal acetylenes is 1. The summed E-state index contributed by atoms with van der Waals surface area (Å²) in [6.45, 7) is 1.98. The zero-order chi connectivity index (χ0) is 16.9. The smallest absolute Gasteiger partial charge is 0.220 e. The normalized spacial score (nSPS) is 23.6. The Morgan fingerprint density at radius 1 is 1.29 bits per heavy atom. The molecule has 3 rings (SSSR count). The first kappa shape index (κ1) is 16.7. The average molecular weight is 325 g/mol. The van der Waals surface area contributed by atoms with Crippen LogP contribution in [0, 0.1) is 12.3 Å². The highest BCUT2D eigenvalue weighted by atomic mass is 16.5. The molecule has 24 heavy (non-hydrogen) atoms. The van der Waals surface area contributed by atoms with Crippen molar-refractivity contribution >= 4 is 5.91 Å². The van der Waals surface area contributed by atoms with E-state index in [4.69, 9.17) is 11.2 Å². The second-order valence-electron chi connectivity index (χ2n) is 6.61. The number of carbonyl (C=O) groups is 1. The fourth-order valence-electron chi connectivity index (χ4n) is 3.21. The minimum atomic E-state index is -0.392. The third-order valence-corrected chi connectivity index (χ3v) is 4.92. The van der Waals surface area contributed by atoms with Crippen LogP contribution in [0.25, 0.3) is 0 Å². The number of nitrogens with one attached hydrogen (secondary N) is 1. The van der Waals surface area contributed by atoms with Gasteiger partial charge in [-0.1, -0.05) is 30.3 Å². The maximum Gasteiger partial charge on any atom is 0.220 e. The summed E-state index contributed by atoms with van der Waals surface area (Å²) in [4.78, 5) is 12.2. The van der Waals surface area contributed by atoms with Crippen molar-refractivity contribution in [3.05, 3.63) is 35.9 Å². The van der Waals surface area contributed by atoms with E-state index < -0.39 is 5.66 Å². The predicted molar refractivity (Wildman–Crippen MR) is 91.5 cm³/mol. The molecular formula is C19H23N3O2. The van der Waals surface area contributed by atoms with Gasteiger partial charge in [-0.05, 0) is 12.0 Å². The summed E-state index contributed by atoms with van der Waals surface area (Å²) in [7, 11) is 0. The summed E-state index contributed by atoms with van der Waals surface area (Å²) in [5, 5.41) is 11.2. The lowest BCUT2D eigenvalue weighted by Crippen LogP contribution is -2.41. The van der Waals surface area contributed by atoms with Crippen LogP contribution in [0.3, 0.4) is 0 Å². The molecule has 5 heteroatoms. The summed E-state index contributed by atoms with van der Waals surface area (Å²) in [6, 6.07) is 10.3. The Balaban J connectivity index is 1.51. The lowest BCUT2D eigenvalue weighted by molar-refractivity contribution is -0.121. The number of ether oxygens (including phenoxy) is 1. The lowest BCUT2D eigenvalue weighted by Gasteiger charge is -2.28. The molecule has 2 aliphatic heterocycles. The molecule has 1 atom stereocenters. The molecule has 5 nitrogen and oxygen atoms in total. The molecule has 0 aromatic heterocycles. The number of nitrogens with zero attached hydrogens (tertiary/aromatic N) is 2. The van der Waals surface area contributed by atoms with Crippen LogP contribution in [-0.2, 0) is 14.9 Å². The number of benzene rings is 1. The third kappa shape index (κ3) is 3.82. The maximum absolute atomic E-state index is 12.2. The molecule has 2 heterocycles. The van der Waals surface area contributed by atoms with Gasteiger partial charge < -0.3 is 10.1 Å². The largest absolute Gasteiger partial charge is 0.380 e. The minimum Gasteiger partial charge on any atom is -0.380 e. The molecule has 1 aromatic carbocycles. The van der Waals surface area contributed by atoms with Crippen molar-refractivity contribution in [2.24, 2.45) is 10.2 Å². The topological polar surface area (TPSA) is 63.0 Å². The monoisotopic (exact) mass is 325 g/mol. The Bertz CT molecular complexity index is 636. The molecule has 0 bridgehead atoms. The van der Waals surface area contributed by atoms with Crippen molar-refractivity contribution in [1.82, 2.24) is 5.32 Å². The summed E-state index contributed by atoms with van der Waals surface area (Å²) in [5.41, 5.74) is 0.712. The van der Waals surface area contributed by atoms with Gasteiger partial charge in [0.25, 0.3) is 0 Å². The highest BCUT2D eigenvalue weighted by Gasteiger charge is 2.40. The van der Waals surface area contributed by atoms with Gasteiger partial charge in [0.05, 0.1) is 6.61 Å². The van der Waals surface area contributed by atoms with Crippen LogP contribution in [0.4, 0.5) is 0 Å². The van der Waals surface area contributed by atoms with E-state index in [-0.39, 0.29) is 11.3 Å². The highest BCUT2D eigenvalue weighted by Crippen LogP contribution is 2.37. The van der Waals surface area contributed by atoms with E-state index >= 15 is 0 Å². The van der Waals surface area contributed by atoms with Crippen LogP contribution >= 0.6 is 0 Å². The second-order valence-corrected chi connectivity index (χ2v) is 6.61. The summed E-state index contributed by atoms with van der Waals surface area (Å²) >= 11 is 0. The Kier molecular flexibility index (Phi) is 4.96. The third-order valence-electron chi connectivity index (χ3n) is 4.92. The van der Waals surface area contributed by atoms with E-state index in [0.717, 1.165) is 19.4 Å². The number of carbonyl (C=O) groups excluding carboxylic acids is 1. The van der Waals surface area contributed by atoms with Gasteiger partial charge in [0, 0.05) is 44.2 Å². The van der Waals surface area contributed by atoms with Gasteiger partial charge in [0.1, 0.15) is 0 Å². The maximum atomic E-state index is 12.2. The van der Waals surface area contributed by atoms with E-state index in [2.05, 4.69) is 33.6 Å². The molecule has 0 aliphatic carbocycles. The van der Waals surface area contributed by atoms with E-state index in [1.54, 1.807) is 0 Å². The first-order valence-electron chi connectivity index (χ1n) is 8.46. The van der Waals surface area contributed by atoms with Crippen LogP contribution in [0.2, 0.25) is 0 Å². The lowest BCUT2D eigenvalue weighted by atomic mass is 9.79. The molecule has 0 spiro atoms. The SMILES string of the molecule is C#CCCC1(CCC(=O)NCC2(c3ccccc3)CCOC2)N=N1. The molecule has 1 aromatic rings. The van der Waals surface area contributed by atoms with Gasteiger partial charge in [0.15, 0.2) is 5.66 Å². The van der Waals surface area contributed by atoms with Crippen molar-refractivity contribution < 1.29 is 9.53 Å². The molecular weight excluding hydrogens is 302 g/mol. The summed E-state index contributed by atoms with van der Waals surface area (Å²) in [5.74, 6) is 2.64. The van der Waals surface area contributed by atoms with Crippen molar-refractivity contribution in [1.29, 1.82) is 0 Å². The van der Waals surface area contributed by atoms with Gasteiger partial charge in [-0.25, -0.2) is 0 Å². The predicted octanol–water partition coefficient (Wildman–Crippen LogP) is 2.82. The summed E-state index contributed by atoms with van der Waals surface area (Å²) in [6.07, 6.45) is 8.64. The molecule has 0 radical (unpaired) electrons. The molecule has 1 unspecified atom stereocenters. The van der Waals surface area contributed by atoms with E-state index in [1.165, 1.54) is 5.56 Å².